The highest BCUT2D eigenvalue weighted by Gasteiger charge is 2.27. The Kier molecular flexibility index (Phi) is 5.72. The first-order chi connectivity index (χ1) is 12.5. The summed E-state index contributed by atoms with van der Waals surface area (Å²) in [5, 5.41) is 6.40. The van der Waals surface area contributed by atoms with E-state index in [0.29, 0.717) is 25.9 Å². The van der Waals surface area contributed by atoms with Crippen LogP contribution in [0.25, 0.3) is 0 Å². The van der Waals surface area contributed by atoms with E-state index in [1.807, 2.05) is 30.3 Å². The third-order valence-corrected chi connectivity index (χ3v) is 4.83. The van der Waals surface area contributed by atoms with Crippen molar-refractivity contribution in [2.45, 2.75) is 25.7 Å². The van der Waals surface area contributed by atoms with Crippen molar-refractivity contribution in [3.63, 3.8) is 0 Å². The van der Waals surface area contributed by atoms with Crippen molar-refractivity contribution in [3.05, 3.63) is 56.7 Å². The van der Waals surface area contributed by atoms with E-state index in [2.05, 4.69) is 15.2 Å². The van der Waals surface area contributed by atoms with Crippen LogP contribution in [-0.4, -0.2) is 44.9 Å². The summed E-state index contributed by atoms with van der Waals surface area (Å²) in [6.45, 7) is 1.12. The summed E-state index contributed by atoms with van der Waals surface area (Å²) in [6.07, 6.45) is 1.79. The molecule has 1 aromatic heterocycles. The second-order valence-electron chi connectivity index (χ2n) is 6.34. The van der Waals surface area contributed by atoms with Crippen molar-refractivity contribution < 1.29 is 9.59 Å². The van der Waals surface area contributed by atoms with E-state index in [9.17, 15) is 14.4 Å². The SMILES string of the molecule is O=C(c1ccccc1)C1CCN(C(=O)CCc2n[nH]c(=S)[nH]c2=O)CC1. The highest BCUT2D eigenvalue weighted by molar-refractivity contribution is 7.71. The normalized spacial score (nSPS) is 15.0. The molecule has 8 heteroatoms. The Morgan fingerprint density at radius 1 is 1.19 bits per heavy atom. The van der Waals surface area contributed by atoms with Gasteiger partial charge in [-0.1, -0.05) is 30.3 Å². The highest BCUT2D eigenvalue weighted by atomic mass is 32.1. The lowest BCUT2D eigenvalue weighted by atomic mass is 9.89. The average Bonchev–Trinajstić information content (AvgIpc) is 2.67. The monoisotopic (exact) mass is 372 g/mol. The molecular weight excluding hydrogens is 352 g/mol. The maximum absolute atomic E-state index is 12.5. The lowest BCUT2D eigenvalue weighted by Gasteiger charge is -2.31. The molecule has 1 amide bonds. The van der Waals surface area contributed by atoms with E-state index < -0.39 is 0 Å². The Morgan fingerprint density at radius 3 is 2.54 bits per heavy atom. The number of amides is 1. The average molecular weight is 372 g/mol. The van der Waals surface area contributed by atoms with Crippen molar-refractivity contribution in [3.8, 4) is 0 Å². The molecule has 3 rings (SSSR count). The van der Waals surface area contributed by atoms with Crippen LogP contribution in [-0.2, 0) is 11.2 Å². The quantitative estimate of drug-likeness (QED) is 0.617. The van der Waals surface area contributed by atoms with Crippen molar-refractivity contribution >= 4 is 23.9 Å². The fourth-order valence-corrected chi connectivity index (χ4v) is 3.29. The van der Waals surface area contributed by atoms with Gasteiger partial charge in [0.2, 0.25) is 5.91 Å². The summed E-state index contributed by atoms with van der Waals surface area (Å²) in [4.78, 5) is 40.8. The van der Waals surface area contributed by atoms with Gasteiger partial charge in [-0.05, 0) is 25.1 Å². The molecule has 0 bridgehead atoms. The van der Waals surface area contributed by atoms with Crippen LogP contribution in [0.1, 0.15) is 35.3 Å². The molecule has 2 aromatic rings. The van der Waals surface area contributed by atoms with Crippen molar-refractivity contribution in [1.29, 1.82) is 0 Å². The minimum absolute atomic E-state index is 0.0285. The summed E-state index contributed by atoms with van der Waals surface area (Å²) < 4.78 is 0.162. The van der Waals surface area contributed by atoms with Gasteiger partial charge in [-0.2, -0.15) is 5.10 Å². The smallest absolute Gasteiger partial charge is 0.273 e. The van der Waals surface area contributed by atoms with Gasteiger partial charge in [0.05, 0.1) is 0 Å². The molecule has 136 valence electrons. The van der Waals surface area contributed by atoms with Crippen LogP contribution in [0.5, 0.6) is 0 Å². The standard InChI is InChI=1S/C18H20N4O3S/c23-15(7-6-14-17(25)19-18(26)21-20-14)22-10-8-13(9-11-22)16(24)12-4-2-1-3-5-12/h1-5,13H,6-11H2,(H2,19,21,25,26). The molecule has 0 radical (unpaired) electrons. The molecule has 0 atom stereocenters. The van der Waals surface area contributed by atoms with Crippen molar-refractivity contribution in [1.82, 2.24) is 20.1 Å². The summed E-state index contributed by atoms with van der Waals surface area (Å²) in [5.74, 6) is 0.0763. The topological polar surface area (TPSA) is 98.9 Å². The number of carbonyl (C=O) groups is 2. The van der Waals surface area contributed by atoms with Crippen LogP contribution in [0.3, 0.4) is 0 Å². The van der Waals surface area contributed by atoms with Gasteiger partial charge in [-0.15, -0.1) is 0 Å². The fourth-order valence-electron chi connectivity index (χ4n) is 3.15. The van der Waals surface area contributed by atoms with Crippen LogP contribution < -0.4 is 5.56 Å². The molecule has 1 aromatic carbocycles. The second kappa shape index (κ2) is 8.18. The molecule has 26 heavy (non-hydrogen) atoms. The number of Topliss-reactive ketones (excluding diaryl/α,β-unsaturated/α-hetero) is 1. The number of H-pyrrole nitrogens is 2. The zero-order valence-corrected chi connectivity index (χ0v) is 15.1. The lowest BCUT2D eigenvalue weighted by molar-refractivity contribution is -0.132. The predicted octanol–water partition coefficient (Wildman–Crippen LogP) is 1.88. The van der Waals surface area contributed by atoms with Gasteiger partial charge in [0, 0.05) is 37.4 Å². The predicted molar refractivity (Wildman–Crippen MR) is 98.4 cm³/mol. The molecule has 1 aliphatic rings. The maximum atomic E-state index is 12.5. The van der Waals surface area contributed by atoms with Gasteiger partial charge in [-0.3, -0.25) is 24.5 Å². The Hall–Kier alpha value is -2.61. The lowest BCUT2D eigenvalue weighted by Crippen LogP contribution is -2.40. The molecule has 0 saturated carbocycles. The molecule has 1 fully saturated rings. The number of carbonyl (C=O) groups excluding carboxylic acids is 2. The molecule has 0 unspecified atom stereocenters. The number of aromatic nitrogens is 3. The molecule has 2 heterocycles. The van der Waals surface area contributed by atoms with Crippen LogP contribution in [0.2, 0.25) is 0 Å². The Balaban J connectivity index is 1.51. The van der Waals surface area contributed by atoms with E-state index in [1.54, 1.807) is 4.90 Å². The second-order valence-corrected chi connectivity index (χ2v) is 6.75. The third-order valence-electron chi connectivity index (χ3n) is 4.63. The number of hydrogen-bond acceptors (Lipinski definition) is 5. The van der Waals surface area contributed by atoms with Gasteiger partial charge in [0.25, 0.3) is 5.56 Å². The molecule has 2 N–H and O–H groups in total. The fraction of sp³-hybridized carbons (Fsp3) is 0.389. The molecular formula is C18H20N4O3S. The largest absolute Gasteiger partial charge is 0.343 e. The number of likely N-dealkylation sites (tertiary alicyclic amines) is 1. The van der Waals surface area contributed by atoms with Gasteiger partial charge in [0.15, 0.2) is 10.6 Å². The number of ketones is 1. The van der Waals surface area contributed by atoms with Gasteiger partial charge >= 0.3 is 0 Å². The zero-order valence-electron chi connectivity index (χ0n) is 14.2. The summed E-state index contributed by atoms with van der Waals surface area (Å²) >= 11 is 4.79. The number of rotatable bonds is 5. The van der Waals surface area contributed by atoms with Gasteiger partial charge in [-0.25, -0.2) is 0 Å². The number of aromatic amines is 2. The number of nitrogens with one attached hydrogen (secondary N) is 2. The van der Waals surface area contributed by atoms with Crippen LogP contribution in [0, 0.1) is 10.7 Å². The van der Waals surface area contributed by atoms with Gasteiger partial charge < -0.3 is 4.90 Å². The summed E-state index contributed by atoms with van der Waals surface area (Å²) in [5.41, 5.74) is 0.624. The number of piperidine rings is 1. The van der Waals surface area contributed by atoms with Crippen molar-refractivity contribution in [2.75, 3.05) is 13.1 Å². The first-order valence-electron chi connectivity index (χ1n) is 8.59. The number of nitrogens with zero attached hydrogens (tertiary/aromatic N) is 2. The summed E-state index contributed by atoms with van der Waals surface area (Å²) in [6, 6.07) is 9.26. The summed E-state index contributed by atoms with van der Waals surface area (Å²) in [7, 11) is 0. The van der Waals surface area contributed by atoms with E-state index >= 15 is 0 Å². The number of benzene rings is 1. The number of aryl methyl sites for hydroxylation is 1. The van der Waals surface area contributed by atoms with E-state index in [0.717, 1.165) is 5.56 Å². The molecule has 0 aliphatic carbocycles. The first-order valence-corrected chi connectivity index (χ1v) is 9.00. The van der Waals surface area contributed by atoms with E-state index in [4.69, 9.17) is 12.2 Å². The van der Waals surface area contributed by atoms with Crippen LogP contribution in [0.4, 0.5) is 0 Å². The Morgan fingerprint density at radius 2 is 1.88 bits per heavy atom. The Labute approximate surface area is 155 Å². The van der Waals surface area contributed by atoms with E-state index in [-0.39, 0.29) is 46.5 Å². The molecule has 1 aliphatic heterocycles. The minimum Gasteiger partial charge on any atom is -0.343 e. The molecule has 7 nitrogen and oxygen atoms in total. The maximum Gasteiger partial charge on any atom is 0.273 e. The van der Waals surface area contributed by atoms with Crippen LogP contribution in [0.15, 0.2) is 35.1 Å². The zero-order chi connectivity index (χ0) is 18.5. The molecule has 0 spiro atoms. The first kappa shape index (κ1) is 18.2. The number of hydrogen-bond donors (Lipinski definition) is 2. The Bertz CT molecular complexity index is 898. The minimum atomic E-state index is -0.367. The van der Waals surface area contributed by atoms with E-state index in [1.165, 1.54) is 0 Å². The molecule has 1 saturated heterocycles. The van der Waals surface area contributed by atoms with Crippen molar-refractivity contribution in [2.24, 2.45) is 5.92 Å². The van der Waals surface area contributed by atoms with Crippen LogP contribution >= 0.6 is 12.2 Å². The van der Waals surface area contributed by atoms with Gasteiger partial charge in [0.1, 0.15) is 5.69 Å². The third kappa shape index (κ3) is 4.32. The highest BCUT2D eigenvalue weighted by Crippen LogP contribution is 2.22.